The first-order valence-corrected chi connectivity index (χ1v) is 10.2. The molecule has 0 N–H and O–H groups in total. The van der Waals surface area contributed by atoms with Crippen molar-refractivity contribution in [2.45, 2.75) is 18.9 Å². The second kappa shape index (κ2) is 8.74. The summed E-state index contributed by atoms with van der Waals surface area (Å²) in [5.74, 6) is -1.04. The first-order valence-electron chi connectivity index (χ1n) is 10.2. The van der Waals surface area contributed by atoms with E-state index in [0.717, 1.165) is 44.7 Å². The lowest BCUT2D eigenvalue weighted by Gasteiger charge is -2.43. The minimum Gasteiger partial charge on any atom is -0.369 e. The summed E-state index contributed by atoms with van der Waals surface area (Å²) in [4.78, 5) is 31.6. The summed E-state index contributed by atoms with van der Waals surface area (Å²) < 4.78 is 13.1. The number of hydrogen-bond acceptors (Lipinski definition) is 4. The van der Waals surface area contributed by atoms with Crippen molar-refractivity contribution in [1.29, 1.82) is 0 Å². The second-order valence-electron chi connectivity index (χ2n) is 7.74. The highest BCUT2D eigenvalue weighted by Crippen LogP contribution is 2.22. The van der Waals surface area contributed by atoms with Crippen LogP contribution in [0.2, 0.25) is 0 Å². The molecule has 2 aliphatic heterocycles. The Morgan fingerprint density at radius 1 is 0.862 bits per heavy atom. The van der Waals surface area contributed by atoms with E-state index >= 15 is 0 Å². The van der Waals surface area contributed by atoms with Crippen molar-refractivity contribution in [3.8, 4) is 0 Å². The topological polar surface area (TPSA) is 43.9 Å². The molecule has 0 spiro atoms. The molecule has 2 aromatic carbocycles. The van der Waals surface area contributed by atoms with Crippen molar-refractivity contribution in [3.05, 3.63) is 66.0 Å². The van der Waals surface area contributed by atoms with Gasteiger partial charge in [-0.05, 0) is 37.1 Å². The molecule has 2 saturated heterocycles. The number of hydrogen-bond donors (Lipinski definition) is 0. The number of halogens is 1. The number of ketones is 1. The number of Topliss-reactive ketones (excluding diaryl/α,β-unsaturated/α-hetero) is 1. The number of benzene rings is 2. The number of carbonyl (C=O) groups is 2. The number of nitrogens with zero attached hydrogens (tertiary/aromatic N) is 3. The van der Waals surface area contributed by atoms with Crippen LogP contribution in [0.15, 0.2) is 54.6 Å². The number of anilines is 1. The van der Waals surface area contributed by atoms with Crippen molar-refractivity contribution < 1.29 is 14.0 Å². The highest BCUT2D eigenvalue weighted by Gasteiger charge is 2.32. The molecule has 0 bridgehead atoms. The van der Waals surface area contributed by atoms with Gasteiger partial charge in [0.1, 0.15) is 5.82 Å². The van der Waals surface area contributed by atoms with Crippen LogP contribution in [-0.2, 0) is 4.79 Å². The molecule has 2 aliphatic rings. The van der Waals surface area contributed by atoms with Gasteiger partial charge in [0.15, 0.2) is 0 Å². The lowest BCUT2D eigenvalue weighted by atomic mass is 10.0. The number of likely N-dealkylation sites (tertiary alicyclic amines) is 1. The molecule has 2 heterocycles. The Kier molecular flexibility index (Phi) is 5.90. The normalized spacial score (nSPS) is 20.5. The summed E-state index contributed by atoms with van der Waals surface area (Å²) in [5.41, 5.74) is 1.49. The molecule has 4 rings (SSSR count). The maximum Gasteiger partial charge on any atom is 0.295 e. The fourth-order valence-corrected chi connectivity index (χ4v) is 4.29. The average molecular weight is 395 g/mol. The Hall–Kier alpha value is -2.73. The van der Waals surface area contributed by atoms with Gasteiger partial charge in [0.25, 0.3) is 5.91 Å². The highest BCUT2D eigenvalue weighted by atomic mass is 19.1. The predicted octanol–water partition coefficient (Wildman–Crippen LogP) is 2.82. The SMILES string of the molecule is O=C(C(=O)N1CCCC(N2CCN(c3ccc(F)cc3)CC2)C1)c1ccccc1. The van der Waals surface area contributed by atoms with Crippen molar-refractivity contribution in [1.82, 2.24) is 9.80 Å². The van der Waals surface area contributed by atoms with Gasteiger partial charge < -0.3 is 9.80 Å². The number of piperidine rings is 1. The molecule has 1 unspecified atom stereocenters. The minimum absolute atomic E-state index is 0.218. The Morgan fingerprint density at radius 2 is 1.55 bits per heavy atom. The third kappa shape index (κ3) is 4.48. The van der Waals surface area contributed by atoms with Crippen LogP contribution >= 0.6 is 0 Å². The third-order valence-electron chi connectivity index (χ3n) is 5.94. The highest BCUT2D eigenvalue weighted by molar-refractivity contribution is 6.42. The Labute approximate surface area is 170 Å². The van der Waals surface area contributed by atoms with E-state index in [1.165, 1.54) is 12.1 Å². The largest absolute Gasteiger partial charge is 0.369 e. The molecule has 1 atom stereocenters. The van der Waals surface area contributed by atoms with Crippen LogP contribution in [-0.4, -0.2) is 66.8 Å². The molecule has 6 heteroatoms. The summed E-state index contributed by atoms with van der Waals surface area (Å²) in [6, 6.07) is 15.7. The van der Waals surface area contributed by atoms with E-state index in [4.69, 9.17) is 0 Å². The van der Waals surface area contributed by atoms with Crippen LogP contribution in [0, 0.1) is 5.82 Å². The summed E-state index contributed by atoms with van der Waals surface area (Å²) in [6.07, 6.45) is 1.95. The molecule has 2 aromatic rings. The first-order chi connectivity index (χ1) is 14.1. The number of carbonyl (C=O) groups excluding carboxylic acids is 2. The lowest BCUT2D eigenvalue weighted by Crippen LogP contribution is -2.56. The summed E-state index contributed by atoms with van der Waals surface area (Å²) in [6.45, 7) is 4.79. The van der Waals surface area contributed by atoms with Crippen LogP contribution in [0.3, 0.4) is 0 Å². The van der Waals surface area contributed by atoms with E-state index in [1.807, 2.05) is 18.2 Å². The molecular formula is C23H26FN3O2. The maximum absolute atomic E-state index is 13.1. The Bertz CT molecular complexity index is 848. The molecule has 5 nitrogen and oxygen atoms in total. The predicted molar refractivity (Wildman–Crippen MR) is 111 cm³/mol. The molecule has 0 aromatic heterocycles. The summed E-state index contributed by atoms with van der Waals surface area (Å²) in [7, 11) is 0. The number of rotatable bonds is 4. The zero-order chi connectivity index (χ0) is 20.2. The summed E-state index contributed by atoms with van der Waals surface area (Å²) >= 11 is 0. The van der Waals surface area contributed by atoms with Crippen molar-refractivity contribution >= 4 is 17.4 Å². The minimum atomic E-state index is -0.424. The van der Waals surface area contributed by atoms with Crippen LogP contribution in [0.4, 0.5) is 10.1 Å². The van der Waals surface area contributed by atoms with Gasteiger partial charge in [-0.3, -0.25) is 14.5 Å². The van der Waals surface area contributed by atoms with Gasteiger partial charge in [-0.2, -0.15) is 0 Å². The van der Waals surface area contributed by atoms with E-state index in [0.29, 0.717) is 18.7 Å². The third-order valence-corrected chi connectivity index (χ3v) is 5.94. The molecule has 1 amide bonds. The van der Waals surface area contributed by atoms with E-state index in [9.17, 15) is 14.0 Å². The van der Waals surface area contributed by atoms with Gasteiger partial charge in [-0.25, -0.2) is 4.39 Å². The average Bonchev–Trinajstić information content (AvgIpc) is 2.79. The fourth-order valence-electron chi connectivity index (χ4n) is 4.29. The van der Waals surface area contributed by atoms with Gasteiger partial charge in [0.05, 0.1) is 0 Å². The fraction of sp³-hybridized carbons (Fsp3) is 0.391. The van der Waals surface area contributed by atoms with Gasteiger partial charge in [-0.1, -0.05) is 30.3 Å². The number of piperazine rings is 1. The molecule has 29 heavy (non-hydrogen) atoms. The molecule has 2 fully saturated rings. The molecule has 0 aliphatic carbocycles. The first kappa shape index (κ1) is 19.6. The quantitative estimate of drug-likeness (QED) is 0.590. The van der Waals surface area contributed by atoms with Gasteiger partial charge in [0, 0.05) is 56.6 Å². The zero-order valence-electron chi connectivity index (χ0n) is 16.5. The van der Waals surface area contributed by atoms with E-state index in [-0.39, 0.29) is 11.9 Å². The molecule has 152 valence electrons. The monoisotopic (exact) mass is 395 g/mol. The molecular weight excluding hydrogens is 369 g/mol. The molecule has 0 radical (unpaired) electrons. The van der Waals surface area contributed by atoms with Gasteiger partial charge in [-0.15, -0.1) is 0 Å². The maximum atomic E-state index is 13.1. The van der Waals surface area contributed by atoms with Crippen LogP contribution in [0.1, 0.15) is 23.2 Å². The Morgan fingerprint density at radius 3 is 2.24 bits per heavy atom. The summed E-state index contributed by atoms with van der Waals surface area (Å²) in [5, 5.41) is 0. The van der Waals surface area contributed by atoms with E-state index in [1.54, 1.807) is 29.2 Å². The smallest absolute Gasteiger partial charge is 0.295 e. The van der Waals surface area contributed by atoms with E-state index < -0.39 is 11.7 Å². The van der Waals surface area contributed by atoms with Crippen molar-refractivity contribution in [2.24, 2.45) is 0 Å². The zero-order valence-corrected chi connectivity index (χ0v) is 16.5. The lowest BCUT2D eigenvalue weighted by molar-refractivity contribution is -0.128. The van der Waals surface area contributed by atoms with Crippen LogP contribution in [0.5, 0.6) is 0 Å². The molecule has 0 saturated carbocycles. The van der Waals surface area contributed by atoms with E-state index in [2.05, 4.69) is 9.80 Å². The standard InChI is InChI=1S/C23H26FN3O2/c24-19-8-10-20(11-9-19)25-13-15-26(16-14-25)21-7-4-12-27(17-21)23(29)22(28)18-5-2-1-3-6-18/h1-3,5-6,8-11,21H,4,7,12-17H2. The Balaban J connectivity index is 1.34. The van der Waals surface area contributed by atoms with Crippen molar-refractivity contribution in [2.75, 3.05) is 44.2 Å². The number of amides is 1. The van der Waals surface area contributed by atoms with Crippen LogP contribution < -0.4 is 4.90 Å². The van der Waals surface area contributed by atoms with Gasteiger partial charge >= 0.3 is 0 Å². The van der Waals surface area contributed by atoms with Crippen LogP contribution in [0.25, 0.3) is 0 Å². The second-order valence-corrected chi connectivity index (χ2v) is 7.74. The van der Waals surface area contributed by atoms with Gasteiger partial charge in [0.2, 0.25) is 5.78 Å². The van der Waals surface area contributed by atoms with Crippen molar-refractivity contribution in [3.63, 3.8) is 0 Å².